The van der Waals surface area contributed by atoms with Crippen LogP contribution in [0.3, 0.4) is 0 Å². The van der Waals surface area contributed by atoms with E-state index in [9.17, 15) is 4.79 Å². The van der Waals surface area contributed by atoms with Crippen LogP contribution in [0.5, 0.6) is 0 Å². The van der Waals surface area contributed by atoms with Gasteiger partial charge in [-0.3, -0.25) is 4.79 Å². The number of hydrogen-bond donors (Lipinski definition) is 1. The van der Waals surface area contributed by atoms with Gasteiger partial charge >= 0.3 is 0 Å². The largest absolute Gasteiger partial charge is 0.353 e. The molecule has 2 heterocycles. The number of aromatic nitrogens is 4. The Morgan fingerprint density at radius 1 is 1.23 bits per heavy atom. The van der Waals surface area contributed by atoms with Crippen LogP contribution >= 0.6 is 11.8 Å². The molecule has 7 heteroatoms. The SMILES string of the molecule is Cc1cc(C)n2nc(SCC(=O)N[C@@H](C)CCc3ccccc3)nc2n1. The molecule has 136 valence electrons. The van der Waals surface area contributed by atoms with Crippen molar-refractivity contribution >= 4 is 23.4 Å². The fourth-order valence-corrected chi connectivity index (χ4v) is 3.38. The molecule has 0 aliphatic carbocycles. The van der Waals surface area contributed by atoms with Crippen molar-refractivity contribution in [2.45, 2.75) is 44.8 Å². The first-order valence-corrected chi connectivity index (χ1v) is 9.67. The van der Waals surface area contributed by atoms with E-state index >= 15 is 0 Å². The highest BCUT2D eigenvalue weighted by Gasteiger charge is 2.12. The van der Waals surface area contributed by atoms with Crippen LogP contribution in [0.2, 0.25) is 0 Å². The molecular formula is C19H23N5OS. The second-order valence-electron chi connectivity index (χ2n) is 6.43. The Labute approximate surface area is 157 Å². The Morgan fingerprint density at radius 3 is 2.77 bits per heavy atom. The van der Waals surface area contributed by atoms with Gasteiger partial charge in [-0.2, -0.15) is 4.98 Å². The summed E-state index contributed by atoms with van der Waals surface area (Å²) < 4.78 is 1.70. The van der Waals surface area contributed by atoms with Crippen molar-refractivity contribution < 1.29 is 4.79 Å². The number of fused-ring (bicyclic) bond motifs is 1. The highest BCUT2D eigenvalue weighted by Crippen LogP contribution is 2.15. The lowest BCUT2D eigenvalue weighted by Crippen LogP contribution is -2.34. The third-order valence-electron chi connectivity index (χ3n) is 4.05. The van der Waals surface area contributed by atoms with Crippen LogP contribution in [0.25, 0.3) is 5.78 Å². The van der Waals surface area contributed by atoms with E-state index in [2.05, 4.69) is 32.5 Å². The fourth-order valence-electron chi connectivity index (χ4n) is 2.76. The molecule has 26 heavy (non-hydrogen) atoms. The van der Waals surface area contributed by atoms with Crippen LogP contribution in [-0.2, 0) is 11.2 Å². The summed E-state index contributed by atoms with van der Waals surface area (Å²) in [5.74, 6) is 0.863. The van der Waals surface area contributed by atoms with Crippen molar-refractivity contribution in [1.82, 2.24) is 24.9 Å². The molecule has 3 aromatic rings. The van der Waals surface area contributed by atoms with Gasteiger partial charge < -0.3 is 5.32 Å². The van der Waals surface area contributed by atoms with Crippen LogP contribution in [0, 0.1) is 13.8 Å². The van der Waals surface area contributed by atoms with Gasteiger partial charge in [0.05, 0.1) is 5.75 Å². The van der Waals surface area contributed by atoms with E-state index in [1.165, 1.54) is 17.3 Å². The predicted molar refractivity (Wildman–Crippen MR) is 103 cm³/mol. The van der Waals surface area contributed by atoms with Crippen LogP contribution in [0.1, 0.15) is 30.3 Å². The van der Waals surface area contributed by atoms with Crippen LogP contribution in [0.4, 0.5) is 0 Å². The molecule has 0 saturated heterocycles. The minimum absolute atomic E-state index is 0.00437. The number of rotatable bonds is 7. The maximum Gasteiger partial charge on any atom is 0.253 e. The summed E-state index contributed by atoms with van der Waals surface area (Å²) in [5, 5.41) is 8.01. The predicted octanol–water partition coefficient (Wildman–Crippen LogP) is 2.97. The Morgan fingerprint density at radius 2 is 2.00 bits per heavy atom. The molecule has 0 saturated carbocycles. The molecule has 3 rings (SSSR count). The summed E-state index contributed by atoms with van der Waals surface area (Å²) in [6, 6.07) is 12.4. The zero-order valence-electron chi connectivity index (χ0n) is 15.3. The molecule has 1 N–H and O–H groups in total. The Kier molecular flexibility index (Phi) is 5.88. The summed E-state index contributed by atoms with van der Waals surface area (Å²) in [6.45, 7) is 5.93. The average Bonchev–Trinajstić information content (AvgIpc) is 3.02. The van der Waals surface area contributed by atoms with E-state index in [-0.39, 0.29) is 11.9 Å². The number of amides is 1. The summed E-state index contributed by atoms with van der Waals surface area (Å²) in [5.41, 5.74) is 3.17. The number of nitrogens with one attached hydrogen (secondary N) is 1. The van der Waals surface area contributed by atoms with Crippen molar-refractivity contribution in [2.24, 2.45) is 0 Å². The number of carbonyl (C=O) groups excluding carboxylic acids is 1. The van der Waals surface area contributed by atoms with Gasteiger partial charge in [0.15, 0.2) is 0 Å². The summed E-state index contributed by atoms with van der Waals surface area (Å²) >= 11 is 1.33. The third kappa shape index (κ3) is 4.82. The quantitative estimate of drug-likeness (QED) is 0.648. The second kappa shape index (κ2) is 8.31. The van der Waals surface area contributed by atoms with Crippen molar-refractivity contribution in [2.75, 3.05) is 5.75 Å². The molecule has 1 amide bonds. The molecule has 0 radical (unpaired) electrons. The molecule has 0 fully saturated rings. The van der Waals surface area contributed by atoms with Crippen molar-refractivity contribution in [1.29, 1.82) is 0 Å². The number of carbonyl (C=O) groups is 1. The molecule has 1 aromatic carbocycles. The van der Waals surface area contributed by atoms with E-state index in [1.807, 2.05) is 45.0 Å². The first-order chi connectivity index (χ1) is 12.5. The van der Waals surface area contributed by atoms with E-state index in [0.29, 0.717) is 16.7 Å². The molecule has 0 aliphatic heterocycles. The van der Waals surface area contributed by atoms with Gasteiger partial charge in [0.2, 0.25) is 11.1 Å². The van der Waals surface area contributed by atoms with Gasteiger partial charge in [-0.1, -0.05) is 42.1 Å². The first kappa shape index (κ1) is 18.4. The van der Waals surface area contributed by atoms with Gasteiger partial charge in [-0.05, 0) is 45.2 Å². The summed E-state index contributed by atoms with van der Waals surface area (Å²) in [4.78, 5) is 20.9. The fraction of sp³-hybridized carbons (Fsp3) is 0.368. The molecule has 6 nitrogen and oxygen atoms in total. The zero-order chi connectivity index (χ0) is 18.5. The first-order valence-electron chi connectivity index (χ1n) is 8.68. The van der Waals surface area contributed by atoms with Crippen molar-refractivity contribution in [3.05, 3.63) is 53.3 Å². The highest BCUT2D eigenvalue weighted by atomic mass is 32.2. The number of thioether (sulfide) groups is 1. The van der Waals surface area contributed by atoms with E-state index in [1.54, 1.807) is 4.52 Å². The van der Waals surface area contributed by atoms with E-state index in [0.717, 1.165) is 24.2 Å². The smallest absolute Gasteiger partial charge is 0.253 e. The van der Waals surface area contributed by atoms with Gasteiger partial charge in [0.1, 0.15) is 0 Å². The highest BCUT2D eigenvalue weighted by molar-refractivity contribution is 7.99. The van der Waals surface area contributed by atoms with Crippen molar-refractivity contribution in [3.8, 4) is 0 Å². The summed E-state index contributed by atoms with van der Waals surface area (Å²) in [6.07, 6.45) is 1.86. The van der Waals surface area contributed by atoms with Gasteiger partial charge in [-0.25, -0.2) is 9.50 Å². The Bertz CT molecular complexity index is 894. The molecule has 0 unspecified atom stereocenters. The summed E-state index contributed by atoms with van der Waals surface area (Å²) in [7, 11) is 0. The zero-order valence-corrected chi connectivity index (χ0v) is 16.1. The number of aryl methyl sites for hydroxylation is 3. The topological polar surface area (TPSA) is 72.2 Å². The number of nitrogens with zero attached hydrogens (tertiary/aromatic N) is 4. The molecule has 0 bridgehead atoms. The van der Waals surface area contributed by atoms with Crippen LogP contribution in [0.15, 0.2) is 41.6 Å². The van der Waals surface area contributed by atoms with E-state index < -0.39 is 0 Å². The lowest BCUT2D eigenvalue weighted by atomic mass is 10.1. The normalized spacial score (nSPS) is 12.3. The van der Waals surface area contributed by atoms with Crippen molar-refractivity contribution in [3.63, 3.8) is 0 Å². The second-order valence-corrected chi connectivity index (χ2v) is 7.37. The van der Waals surface area contributed by atoms with Gasteiger partial charge in [-0.15, -0.1) is 5.10 Å². The van der Waals surface area contributed by atoms with Gasteiger partial charge in [0, 0.05) is 17.4 Å². The average molecular weight is 369 g/mol. The lowest BCUT2D eigenvalue weighted by Gasteiger charge is -2.13. The molecule has 0 spiro atoms. The maximum atomic E-state index is 12.2. The lowest BCUT2D eigenvalue weighted by molar-refractivity contribution is -0.119. The minimum atomic E-state index is -0.00437. The molecule has 0 aliphatic rings. The molecule has 1 atom stereocenters. The van der Waals surface area contributed by atoms with Crippen LogP contribution in [-0.4, -0.2) is 37.3 Å². The molecule has 2 aromatic heterocycles. The maximum absolute atomic E-state index is 12.2. The monoisotopic (exact) mass is 369 g/mol. The minimum Gasteiger partial charge on any atom is -0.353 e. The Balaban J connectivity index is 1.48. The Hall–Kier alpha value is -2.41. The van der Waals surface area contributed by atoms with E-state index in [4.69, 9.17) is 0 Å². The molecular weight excluding hydrogens is 346 g/mol. The number of hydrogen-bond acceptors (Lipinski definition) is 5. The third-order valence-corrected chi connectivity index (χ3v) is 4.89. The standard InChI is InChI=1S/C19H23N5OS/c1-13(9-10-16-7-5-4-6-8-16)20-17(25)12-26-19-22-18-21-14(2)11-15(3)24(18)23-19/h4-8,11,13H,9-10,12H2,1-3H3,(H,20,25)/t13-/m0/s1. The van der Waals surface area contributed by atoms with Crippen LogP contribution < -0.4 is 5.32 Å². The number of benzene rings is 1. The van der Waals surface area contributed by atoms with Gasteiger partial charge in [0.25, 0.3) is 5.78 Å².